The number of hydrazone groups is 1. The van der Waals surface area contributed by atoms with Gasteiger partial charge in [0.2, 0.25) is 5.91 Å². The molecular weight excluding hydrogens is 242 g/mol. The molecule has 5 nitrogen and oxygen atoms in total. The molecule has 5 heteroatoms. The van der Waals surface area contributed by atoms with E-state index in [1.54, 1.807) is 12.3 Å². The lowest BCUT2D eigenvalue weighted by molar-refractivity contribution is -0.121. The SMILES string of the molecule is C/C(=N\NC(=O)CCN1CCCCC1)c1ccco1. The standard InChI is InChI=1S/C14H21N3O2/c1-12(13-6-5-11-19-13)15-16-14(18)7-10-17-8-3-2-4-9-17/h5-6,11H,2-4,7-10H2,1H3,(H,16,18)/b15-12+. The number of likely N-dealkylation sites (tertiary alicyclic amines) is 1. The fourth-order valence-corrected chi connectivity index (χ4v) is 2.18. The van der Waals surface area contributed by atoms with Crippen LogP contribution in [-0.2, 0) is 4.79 Å². The van der Waals surface area contributed by atoms with Crippen LogP contribution >= 0.6 is 0 Å². The number of rotatable bonds is 5. The fraction of sp³-hybridized carbons (Fsp3) is 0.571. The van der Waals surface area contributed by atoms with Gasteiger partial charge in [-0.25, -0.2) is 5.43 Å². The Labute approximate surface area is 113 Å². The van der Waals surface area contributed by atoms with Crippen LogP contribution in [-0.4, -0.2) is 36.2 Å². The highest BCUT2D eigenvalue weighted by Crippen LogP contribution is 2.08. The fourth-order valence-electron chi connectivity index (χ4n) is 2.18. The lowest BCUT2D eigenvalue weighted by Gasteiger charge is -2.25. The van der Waals surface area contributed by atoms with E-state index in [1.165, 1.54) is 19.3 Å². The topological polar surface area (TPSA) is 57.8 Å². The largest absolute Gasteiger partial charge is 0.463 e. The predicted molar refractivity (Wildman–Crippen MR) is 74.0 cm³/mol. The highest BCUT2D eigenvalue weighted by Gasteiger charge is 2.11. The van der Waals surface area contributed by atoms with E-state index in [-0.39, 0.29) is 5.91 Å². The highest BCUT2D eigenvalue weighted by atomic mass is 16.3. The van der Waals surface area contributed by atoms with Crippen molar-refractivity contribution >= 4 is 11.6 Å². The zero-order valence-electron chi connectivity index (χ0n) is 11.4. The van der Waals surface area contributed by atoms with Gasteiger partial charge in [0.25, 0.3) is 0 Å². The molecule has 1 aromatic rings. The van der Waals surface area contributed by atoms with Crippen molar-refractivity contribution in [1.82, 2.24) is 10.3 Å². The summed E-state index contributed by atoms with van der Waals surface area (Å²) in [6, 6.07) is 3.62. The van der Waals surface area contributed by atoms with Gasteiger partial charge in [-0.05, 0) is 45.0 Å². The summed E-state index contributed by atoms with van der Waals surface area (Å²) in [7, 11) is 0. The van der Waals surface area contributed by atoms with Gasteiger partial charge < -0.3 is 9.32 Å². The maximum atomic E-state index is 11.7. The second-order valence-electron chi connectivity index (χ2n) is 4.86. The Balaban J connectivity index is 1.70. The average molecular weight is 263 g/mol. The van der Waals surface area contributed by atoms with Gasteiger partial charge in [-0.3, -0.25) is 4.79 Å². The molecule has 1 aliphatic heterocycles. The minimum Gasteiger partial charge on any atom is -0.463 e. The van der Waals surface area contributed by atoms with Crippen molar-refractivity contribution in [2.45, 2.75) is 32.6 Å². The van der Waals surface area contributed by atoms with Crippen molar-refractivity contribution in [3.8, 4) is 0 Å². The van der Waals surface area contributed by atoms with Gasteiger partial charge in [0, 0.05) is 13.0 Å². The summed E-state index contributed by atoms with van der Waals surface area (Å²) in [6.45, 7) is 4.86. The van der Waals surface area contributed by atoms with Crippen LogP contribution in [0.25, 0.3) is 0 Å². The Morgan fingerprint density at radius 2 is 2.21 bits per heavy atom. The number of nitrogens with zero attached hydrogens (tertiary/aromatic N) is 2. The molecule has 2 rings (SSSR count). The molecule has 0 saturated carbocycles. The van der Waals surface area contributed by atoms with Gasteiger partial charge in [-0.2, -0.15) is 5.10 Å². The van der Waals surface area contributed by atoms with Crippen LogP contribution in [0, 0.1) is 0 Å². The third-order valence-electron chi connectivity index (χ3n) is 3.33. The first kappa shape index (κ1) is 13.8. The molecule has 0 aliphatic carbocycles. The predicted octanol–water partition coefficient (Wildman–Crippen LogP) is 2.00. The van der Waals surface area contributed by atoms with E-state index in [4.69, 9.17) is 4.42 Å². The lowest BCUT2D eigenvalue weighted by Crippen LogP contribution is -2.33. The van der Waals surface area contributed by atoms with Gasteiger partial charge in [0.1, 0.15) is 11.5 Å². The number of furan rings is 1. The summed E-state index contributed by atoms with van der Waals surface area (Å²) >= 11 is 0. The van der Waals surface area contributed by atoms with Crippen LogP contribution in [0.1, 0.15) is 38.4 Å². The van der Waals surface area contributed by atoms with Crippen molar-refractivity contribution in [3.05, 3.63) is 24.2 Å². The Morgan fingerprint density at radius 1 is 1.42 bits per heavy atom. The summed E-state index contributed by atoms with van der Waals surface area (Å²) < 4.78 is 5.19. The Morgan fingerprint density at radius 3 is 2.89 bits per heavy atom. The van der Waals surface area contributed by atoms with Gasteiger partial charge in [0.05, 0.1) is 6.26 Å². The average Bonchev–Trinajstić information content (AvgIpc) is 2.98. The maximum absolute atomic E-state index is 11.7. The van der Waals surface area contributed by atoms with Gasteiger partial charge in [0.15, 0.2) is 0 Å². The number of hydrogen-bond donors (Lipinski definition) is 1. The van der Waals surface area contributed by atoms with Crippen LogP contribution in [0.5, 0.6) is 0 Å². The molecule has 2 heterocycles. The number of nitrogens with one attached hydrogen (secondary N) is 1. The van der Waals surface area contributed by atoms with Gasteiger partial charge >= 0.3 is 0 Å². The molecule has 0 atom stereocenters. The molecule has 1 aliphatic rings. The number of hydrogen-bond acceptors (Lipinski definition) is 4. The molecule has 104 valence electrons. The summed E-state index contributed by atoms with van der Waals surface area (Å²) in [5.74, 6) is 0.632. The van der Waals surface area contributed by atoms with Crippen molar-refractivity contribution in [3.63, 3.8) is 0 Å². The van der Waals surface area contributed by atoms with Crippen LogP contribution in [0.2, 0.25) is 0 Å². The van der Waals surface area contributed by atoms with E-state index in [0.717, 1.165) is 19.6 Å². The summed E-state index contributed by atoms with van der Waals surface area (Å²) in [6.07, 6.45) is 5.89. The molecule has 1 aromatic heterocycles. The van der Waals surface area contributed by atoms with Crippen molar-refractivity contribution in [1.29, 1.82) is 0 Å². The van der Waals surface area contributed by atoms with Gasteiger partial charge in [-0.1, -0.05) is 6.42 Å². The maximum Gasteiger partial charge on any atom is 0.241 e. The molecule has 1 N–H and O–H groups in total. The number of amides is 1. The molecule has 0 bridgehead atoms. The quantitative estimate of drug-likeness (QED) is 0.653. The first-order chi connectivity index (χ1) is 9.25. The molecule has 0 radical (unpaired) electrons. The first-order valence-electron chi connectivity index (χ1n) is 6.85. The number of piperidine rings is 1. The van der Waals surface area contributed by atoms with Gasteiger partial charge in [-0.15, -0.1) is 0 Å². The second-order valence-corrected chi connectivity index (χ2v) is 4.86. The molecule has 0 aromatic carbocycles. The van der Waals surface area contributed by atoms with Crippen LogP contribution in [0.3, 0.4) is 0 Å². The summed E-state index contributed by atoms with van der Waals surface area (Å²) in [5.41, 5.74) is 3.25. The smallest absolute Gasteiger partial charge is 0.241 e. The van der Waals surface area contributed by atoms with E-state index in [0.29, 0.717) is 17.9 Å². The zero-order valence-corrected chi connectivity index (χ0v) is 11.4. The third kappa shape index (κ3) is 4.52. The molecule has 0 spiro atoms. The van der Waals surface area contributed by atoms with E-state index >= 15 is 0 Å². The van der Waals surface area contributed by atoms with Crippen molar-refractivity contribution < 1.29 is 9.21 Å². The minimum absolute atomic E-state index is 0.0449. The van der Waals surface area contributed by atoms with Crippen LogP contribution in [0.15, 0.2) is 27.9 Å². The van der Waals surface area contributed by atoms with E-state index in [2.05, 4.69) is 15.4 Å². The van der Waals surface area contributed by atoms with Crippen LogP contribution < -0.4 is 5.43 Å². The minimum atomic E-state index is -0.0449. The third-order valence-corrected chi connectivity index (χ3v) is 3.33. The molecule has 1 saturated heterocycles. The summed E-state index contributed by atoms with van der Waals surface area (Å²) in [5, 5.41) is 4.04. The lowest BCUT2D eigenvalue weighted by atomic mass is 10.1. The summed E-state index contributed by atoms with van der Waals surface area (Å²) in [4.78, 5) is 14.0. The second kappa shape index (κ2) is 7.09. The highest BCUT2D eigenvalue weighted by molar-refractivity contribution is 5.96. The number of carbonyl (C=O) groups excluding carboxylic acids is 1. The van der Waals surface area contributed by atoms with Crippen molar-refractivity contribution in [2.75, 3.05) is 19.6 Å². The first-order valence-corrected chi connectivity index (χ1v) is 6.85. The van der Waals surface area contributed by atoms with E-state index in [1.807, 2.05) is 13.0 Å². The molecule has 1 amide bonds. The van der Waals surface area contributed by atoms with Crippen molar-refractivity contribution in [2.24, 2.45) is 5.10 Å². The van der Waals surface area contributed by atoms with E-state index < -0.39 is 0 Å². The van der Waals surface area contributed by atoms with E-state index in [9.17, 15) is 4.79 Å². The zero-order chi connectivity index (χ0) is 13.5. The Kier molecular flexibility index (Phi) is 5.15. The number of carbonyl (C=O) groups is 1. The molecule has 0 unspecified atom stereocenters. The monoisotopic (exact) mass is 263 g/mol. The molecule has 19 heavy (non-hydrogen) atoms. The Bertz CT molecular complexity index is 420. The van der Waals surface area contributed by atoms with Crippen LogP contribution in [0.4, 0.5) is 0 Å². The molecular formula is C14H21N3O2. The normalized spacial score (nSPS) is 17.4. The molecule has 1 fully saturated rings. The Hall–Kier alpha value is -1.62.